The summed E-state index contributed by atoms with van der Waals surface area (Å²) < 4.78 is 0. The van der Waals surface area contributed by atoms with Crippen molar-refractivity contribution in [3.63, 3.8) is 0 Å². The highest BCUT2D eigenvalue weighted by Crippen LogP contribution is 2.52. The monoisotopic (exact) mass is 218 g/mol. The lowest BCUT2D eigenvalue weighted by Crippen LogP contribution is -2.15. The first-order valence-corrected chi connectivity index (χ1v) is 5.86. The van der Waals surface area contributed by atoms with Crippen LogP contribution in [-0.2, 0) is 10.2 Å². The fourth-order valence-corrected chi connectivity index (χ4v) is 2.47. The Morgan fingerprint density at radius 1 is 1.38 bits per heavy atom. The zero-order chi connectivity index (χ0) is 11.8. The van der Waals surface area contributed by atoms with Crippen molar-refractivity contribution in [3.8, 4) is 0 Å². The van der Waals surface area contributed by atoms with Gasteiger partial charge in [-0.1, -0.05) is 38.1 Å². The van der Waals surface area contributed by atoms with Crippen LogP contribution in [0.2, 0.25) is 0 Å². The van der Waals surface area contributed by atoms with Crippen LogP contribution in [0.1, 0.15) is 50.2 Å². The van der Waals surface area contributed by atoms with Crippen molar-refractivity contribution in [3.05, 3.63) is 35.4 Å². The molecule has 0 atom stereocenters. The van der Waals surface area contributed by atoms with Gasteiger partial charge in [0.2, 0.25) is 0 Å². The van der Waals surface area contributed by atoms with E-state index in [2.05, 4.69) is 26.0 Å². The molecule has 1 N–H and O–H groups in total. The van der Waals surface area contributed by atoms with Crippen molar-refractivity contribution in [2.24, 2.45) is 0 Å². The second-order valence-corrected chi connectivity index (χ2v) is 5.09. The number of carboxylic acid groups (broad SMARTS) is 1. The van der Waals surface area contributed by atoms with E-state index in [1.807, 2.05) is 12.1 Å². The molecule has 0 amide bonds. The maximum atomic E-state index is 10.9. The van der Waals surface area contributed by atoms with Gasteiger partial charge in [-0.15, -0.1) is 0 Å². The molecule has 86 valence electrons. The van der Waals surface area contributed by atoms with Gasteiger partial charge < -0.3 is 5.11 Å². The van der Waals surface area contributed by atoms with Crippen molar-refractivity contribution in [1.29, 1.82) is 0 Å². The van der Waals surface area contributed by atoms with E-state index in [0.717, 1.165) is 12.8 Å². The number of carboxylic acids is 1. The third kappa shape index (κ3) is 1.97. The quantitative estimate of drug-likeness (QED) is 0.841. The zero-order valence-corrected chi connectivity index (χ0v) is 9.86. The van der Waals surface area contributed by atoms with Gasteiger partial charge >= 0.3 is 5.97 Å². The average Bonchev–Trinajstić information content (AvgIpc) is 2.98. The Morgan fingerprint density at radius 2 is 2.00 bits per heavy atom. The summed E-state index contributed by atoms with van der Waals surface area (Å²) in [4.78, 5) is 10.9. The molecular weight excluding hydrogens is 200 g/mol. The maximum absolute atomic E-state index is 10.9. The highest BCUT2D eigenvalue weighted by atomic mass is 16.4. The average molecular weight is 218 g/mol. The molecule has 1 aromatic carbocycles. The number of aliphatic carboxylic acids is 1. The molecule has 2 heteroatoms. The first-order chi connectivity index (χ1) is 7.55. The van der Waals surface area contributed by atoms with Crippen molar-refractivity contribution in [2.45, 2.75) is 44.4 Å². The van der Waals surface area contributed by atoms with Crippen LogP contribution in [-0.4, -0.2) is 11.1 Å². The molecule has 0 aliphatic heterocycles. The molecule has 0 spiro atoms. The van der Waals surface area contributed by atoms with E-state index in [-0.39, 0.29) is 11.8 Å². The molecule has 0 saturated heterocycles. The molecule has 16 heavy (non-hydrogen) atoms. The lowest BCUT2D eigenvalue weighted by Gasteiger charge is -2.19. The number of hydrogen-bond donors (Lipinski definition) is 1. The van der Waals surface area contributed by atoms with E-state index in [9.17, 15) is 4.79 Å². The van der Waals surface area contributed by atoms with E-state index >= 15 is 0 Å². The van der Waals surface area contributed by atoms with Gasteiger partial charge in [-0.3, -0.25) is 4.79 Å². The second kappa shape index (κ2) is 3.93. The molecular formula is C14H18O2. The Bertz CT molecular complexity index is 403. The van der Waals surface area contributed by atoms with Gasteiger partial charge in [0.15, 0.2) is 0 Å². The number of carbonyl (C=O) groups is 1. The van der Waals surface area contributed by atoms with Crippen molar-refractivity contribution in [2.75, 3.05) is 0 Å². The SMILES string of the molecule is CC(C)c1ccccc1C1(CC(=O)O)CC1. The molecule has 1 saturated carbocycles. The van der Waals surface area contributed by atoms with Crippen LogP contribution in [0, 0.1) is 0 Å². The fraction of sp³-hybridized carbons (Fsp3) is 0.500. The molecule has 0 heterocycles. The number of hydrogen-bond acceptors (Lipinski definition) is 1. The van der Waals surface area contributed by atoms with Crippen LogP contribution in [0.25, 0.3) is 0 Å². The molecule has 0 bridgehead atoms. The van der Waals surface area contributed by atoms with E-state index in [1.54, 1.807) is 0 Å². The predicted molar refractivity (Wildman–Crippen MR) is 63.7 cm³/mol. The van der Waals surface area contributed by atoms with Crippen LogP contribution in [0.3, 0.4) is 0 Å². The van der Waals surface area contributed by atoms with Crippen LogP contribution in [0.5, 0.6) is 0 Å². The zero-order valence-electron chi connectivity index (χ0n) is 9.86. The topological polar surface area (TPSA) is 37.3 Å². The minimum Gasteiger partial charge on any atom is -0.481 e. The summed E-state index contributed by atoms with van der Waals surface area (Å²) in [6.07, 6.45) is 2.31. The lowest BCUT2D eigenvalue weighted by atomic mass is 9.85. The van der Waals surface area contributed by atoms with Crippen molar-refractivity contribution < 1.29 is 9.90 Å². The normalized spacial score (nSPS) is 17.4. The van der Waals surface area contributed by atoms with Crippen LogP contribution >= 0.6 is 0 Å². The Morgan fingerprint density at radius 3 is 2.50 bits per heavy atom. The molecule has 1 fully saturated rings. The largest absolute Gasteiger partial charge is 0.481 e. The predicted octanol–water partition coefficient (Wildman–Crippen LogP) is 3.32. The molecule has 0 aromatic heterocycles. The van der Waals surface area contributed by atoms with Gasteiger partial charge in [-0.2, -0.15) is 0 Å². The molecule has 1 aliphatic carbocycles. The summed E-state index contributed by atoms with van der Waals surface area (Å²) in [5.41, 5.74) is 2.50. The van der Waals surface area contributed by atoms with Crippen LogP contribution < -0.4 is 0 Å². The van der Waals surface area contributed by atoms with Gasteiger partial charge in [-0.05, 0) is 29.9 Å². The summed E-state index contributed by atoms with van der Waals surface area (Å²) in [7, 11) is 0. The minimum absolute atomic E-state index is 0.0628. The molecule has 2 nitrogen and oxygen atoms in total. The summed E-state index contributed by atoms with van der Waals surface area (Å²) in [6.45, 7) is 4.32. The van der Waals surface area contributed by atoms with Crippen LogP contribution in [0.15, 0.2) is 24.3 Å². The molecule has 0 radical (unpaired) electrons. The highest BCUT2D eigenvalue weighted by molar-refractivity contribution is 5.70. The standard InChI is InChI=1S/C14H18O2/c1-10(2)11-5-3-4-6-12(11)14(7-8-14)9-13(15)16/h3-6,10H,7-9H2,1-2H3,(H,15,16). The van der Waals surface area contributed by atoms with E-state index in [4.69, 9.17) is 5.11 Å². The summed E-state index contributed by atoms with van der Waals surface area (Å²) in [5.74, 6) is -0.224. The van der Waals surface area contributed by atoms with Gasteiger partial charge in [0, 0.05) is 5.41 Å². The van der Waals surface area contributed by atoms with Crippen molar-refractivity contribution in [1.82, 2.24) is 0 Å². The minimum atomic E-state index is -0.684. The van der Waals surface area contributed by atoms with E-state index in [1.165, 1.54) is 11.1 Å². The maximum Gasteiger partial charge on any atom is 0.304 e. The third-order valence-corrected chi connectivity index (χ3v) is 3.50. The smallest absolute Gasteiger partial charge is 0.304 e. The summed E-state index contributed by atoms with van der Waals surface area (Å²) in [6, 6.07) is 8.28. The van der Waals surface area contributed by atoms with Gasteiger partial charge in [0.1, 0.15) is 0 Å². The van der Waals surface area contributed by atoms with E-state index < -0.39 is 5.97 Å². The molecule has 0 unspecified atom stereocenters. The Kier molecular flexibility index (Phi) is 2.75. The van der Waals surface area contributed by atoms with Crippen molar-refractivity contribution >= 4 is 5.97 Å². The Balaban J connectivity index is 2.36. The lowest BCUT2D eigenvalue weighted by molar-refractivity contribution is -0.137. The van der Waals surface area contributed by atoms with Gasteiger partial charge in [-0.25, -0.2) is 0 Å². The summed E-state index contributed by atoms with van der Waals surface area (Å²) >= 11 is 0. The molecule has 1 aliphatic rings. The Labute approximate surface area is 96.3 Å². The number of benzene rings is 1. The summed E-state index contributed by atoms with van der Waals surface area (Å²) in [5, 5.41) is 8.98. The fourth-order valence-electron chi connectivity index (χ4n) is 2.47. The molecule has 1 aromatic rings. The second-order valence-electron chi connectivity index (χ2n) is 5.09. The van der Waals surface area contributed by atoms with E-state index in [0.29, 0.717) is 5.92 Å². The Hall–Kier alpha value is -1.31. The number of rotatable bonds is 4. The third-order valence-electron chi connectivity index (χ3n) is 3.50. The molecule has 2 rings (SSSR count). The van der Waals surface area contributed by atoms with Gasteiger partial charge in [0.05, 0.1) is 6.42 Å². The van der Waals surface area contributed by atoms with Gasteiger partial charge in [0.25, 0.3) is 0 Å². The van der Waals surface area contributed by atoms with Crippen LogP contribution in [0.4, 0.5) is 0 Å². The first-order valence-electron chi connectivity index (χ1n) is 5.86. The first kappa shape index (κ1) is 11.2. The highest BCUT2D eigenvalue weighted by Gasteiger charge is 2.47.